The van der Waals surface area contributed by atoms with Crippen molar-refractivity contribution in [2.24, 2.45) is 0 Å². The Morgan fingerprint density at radius 3 is 2.85 bits per heavy atom. The molecule has 1 aliphatic heterocycles. The summed E-state index contributed by atoms with van der Waals surface area (Å²) in [6, 6.07) is 8.13. The van der Waals surface area contributed by atoms with Gasteiger partial charge in [0.05, 0.1) is 18.3 Å². The lowest BCUT2D eigenvalue weighted by Gasteiger charge is -2.17. The zero-order chi connectivity index (χ0) is 19.0. The van der Waals surface area contributed by atoms with Crippen molar-refractivity contribution in [3.63, 3.8) is 0 Å². The van der Waals surface area contributed by atoms with Crippen molar-refractivity contribution in [1.82, 2.24) is 19.5 Å². The molecule has 7 nitrogen and oxygen atoms in total. The number of carbonyl (C=O) groups excluding carboxylic acids is 1. The molecule has 0 radical (unpaired) electrons. The SMILES string of the molecule is O=C(OC[C@@H]1O[C@H](n2cnc3c(Cl)ncnc32)CC1(F)F)c1ccccc1. The van der Waals surface area contributed by atoms with Gasteiger partial charge in [-0.3, -0.25) is 4.57 Å². The van der Waals surface area contributed by atoms with Crippen LogP contribution in [0.4, 0.5) is 8.78 Å². The summed E-state index contributed by atoms with van der Waals surface area (Å²) in [7, 11) is 0. The average Bonchev–Trinajstić information content (AvgIpc) is 3.22. The Balaban J connectivity index is 1.49. The maximum absolute atomic E-state index is 14.4. The van der Waals surface area contributed by atoms with Crippen molar-refractivity contribution in [3.8, 4) is 0 Å². The van der Waals surface area contributed by atoms with Gasteiger partial charge in [-0.1, -0.05) is 29.8 Å². The second-order valence-electron chi connectivity index (χ2n) is 6.00. The smallest absolute Gasteiger partial charge is 0.338 e. The molecule has 3 aromatic rings. The lowest BCUT2D eigenvalue weighted by Crippen LogP contribution is -2.33. The number of fused-ring (bicyclic) bond motifs is 1. The number of rotatable bonds is 4. The number of halogens is 3. The van der Waals surface area contributed by atoms with Crippen LogP contribution in [-0.4, -0.2) is 44.1 Å². The molecule has 0 bridgehead atoms. The average molecular weight is 395 g/mol. The fourth-order valence-corrected chi connectivity index (χ4v) is 3.05. The molecular formula is C17H13ClF2N4O3. The summed E-state index contributed by atoms with van der Waals surface area (Å²) >= 11 is 5.93. The van der Waals surface area contributed by atoms with Gasteiger partial charge in [-0.05, 0) is 12.1 Å². The number of hydrogen-bond donors (Lipinski definition) is 0. The van der Waals surface area contributed by atoms with E-state index in [0.29, 0.717) is 5.52 Å². The number of carbonyl (C=O) groups is 1. The largest absolute Gasteiger partial charge is 0.459 e. The van der Waals surface area contributed by atoms with Crippen LogP contribution in [0.25, 0.3) is 11.2 Å². The van der Waals surface area contributed by atoms with Crippen LogP contribution < -0.4 is 0 Å². The lowest BCUT2D eigenvalue weighted by molar-refractivity contribution is -0.104. The minimum absolute atomic E-state index is 0.122. The van der Waals surface area contributed by atoms with Gasteiger partial charge in [0.15, 0.2) is 16.9 Å². The lowest BCUT2D eigenvalue weighted by atomic mass is 10.1. The first-order valence-electron chi connectivity index (χ1n) is 8.04. The second-order valence-corrected chi connectivity index (χ2v) is 6.36. The highest BCUT2D eigenvalue weighted by atomic mass is 35.5. The Morgan fingerprint density at radius 2 is 2.07 bits per heavy atom. The van der Waals surface area contributed by atoms with Crippen molar-refractivity contribution < 1.29 is 23.0 Å². The predicted molar refractivity (Wildman–Crippen MR) is 90.5 cm³/mol. The Labute approximate surface area is 156 Å². The molecule has 0 spiro atoms. The van der Waals surface area contributed by atoms with Crippen LogP contribution in [0.15, 0.2) is 43.0 Å². The van der Waals surface area contributed by atoms with E-state index in [9.17, 15) is 13.6 Å². The summed E-state index contributed by atoms with van der Waals surface area (Å²) in [5.41, 5.74) is 0.866. The molecule has 10 heteroatoms. The van der Waals surface area contributed by atoms with Crippen molar-refractivity contribution in [2.75, 3.05) is 6.61 Å². The second kappa shape index (κ2) is 6.82. The van der Waals surface area contributed by atoms with Gasteiger partial charge in [0.2, 0.25) is 0 Å². The van der Waals surface area contributed by atoms with Crippen LogP contribution in [0, 0.1) is 0 Å². The van der Waals surface area contributed by atoms with E-state index < -0.39 is 37.3 Å². The molecule has 0 aliphatic carbocycles. The predicted octanol–water partition coefficient (Wildman–Crippen LogP) is 3.26. The Kier molecular flexibility index (Phi) is 4.48. The van der Waals surface area contributed by atoms with Crippen LogP contribution in [0.3, 0.4) is 0 Å². The molecule has 2 atom stereocenters. The first-order chi connectivity index (χ1) is 13.0. The van der Waals surface area contributed by atoms with E-state index in [1.54, 1.807) is 30.3 Å². The number of ether oxygens (including phenoxy) is 2. The molecule has 0 unspecified atom stereocenters. The van der Waals surface area contributed by atoms with E-state index in [4.69, 9.17) is 21.1 Å². The third-order valence-corrected chi connectivity index (χ3v) is 4.52. The van der Waals surface area contributed by atoms with Gasteiger partial charge in [-0.15, -0.1) is 0 Å². The number of imidazole rings is 1. The van der Waals surface area contributed by atoms with Gasteiger partial charge >= 0.3 is 5.97 Å². The van der Waals surface area contributed by atoms with Gasteiger partial charge in [-0.25, -0.2) is 28.5 Å². The summed E-state index contributed by atoms with van der Waals surface area (Å²) in [6.45, 7) is -0.570. The molecule has 27 heavy (non-hydrogen) atoms. The van der Waals surface area contributed by atoms with Gasteiger partial charge in [0, 0.05) is 0 Å². The molecular weight excluding hydrogens is 382 g/mol. The van der Waals surface area contributed by atoms with Crippen LogP contribution in [0.2, 0.25) is 5.15 Å². The summed E-state index contributed by atoms with van der Waals surface area (Å²) in [5.74, 6) is -3.87. The summed E-state index contributed by atoms with van der Waals surface area (Å²) in [5, 5.41) is 0.122. The summed E-state index contributed by atoms with van der Waals surface area (Å²) in [6.07, 6.45) is -0.658. The molecule has 1 saturated heterocycles. The number of esters is 1. The number of hydrogen-bond acceptors (Lipinski definition) is 6. The first-order valence-corrected chi connectivity index (χ1v) is 8.42. The highest BCUT2D eigenvalue weighted by Crippen LogP contribution is 2.42. The topological polar surface area (TPSA) is 79.1 Å². The molecule has 0 amide bonds. The molecule has 1 aromatic carbocycles. The van der Waals surface area contributed by atoms with E-state index in [1.165, 1.54) is 17.2 Å². The van der Waals surface area contributed by atoms with E-state index in [-0.39, 0.29) is 16.4 Å². The molecule has 0 saturated carbocycles. The quantitative estimate of drug-likeness (QED) is 0.499. The van der Waals surface area contributed by atoms with Crippen molar-refractivity contribution in [2.45, 2.75) is 24.7 Å². The highest BCUT2D eigenvalue weighted by Gasteiger charge is 2.51. The monoisotopic (exact) mass is 394 g/mol. The minimum atomic E-state index is -3.19. The maximum Gasteiger partial charge on any atom is 0.338 e. The normalized spacial score (nSPS) is 21.4. The molecule has 0 N–H and O–H groups in total. The molecule has 3 heterocycles. The summed E-state index contributed by atoms with van der Waals surface area (Å²) < 4.78 is 40.6. The molecule has 4 rings (SSSR count). The van der Waals surface area contributed by atoms with Crippen LogP contribution in [0.1, 0.15) is 23.0 Å². The Morgan fingerprint density at radius 1 is 1.30 bits per heavy atom. The number of nitrogens with zero attached hydrogens (tertiary/aromatic N) is 4. The van der Waals surface area contributed by atoms with Gasteiger partial charge in [0.25, 0.3) is 5.92 Å². The van der Waals surface area contributed by atoms with Crippen LogP contribution >= 0.6 is 11.6 Å². The molecule has 1 aliphatic rings. The number of benzene rings is 1. The van der Waals surface area contributed by atoms with Crippen molar-refractivity contribution >= 4 is 28.7 Å². The highest BCUT2D eigenvalue weighted by molar-refractivity contribution is 6.33. The molecule has 1 fully saturated rings. The zero-order valence-electron chi connectivity index (χ0n) is 13.8. The van der Waals surface area contributed by atoms with Crippen LogP contribution in [0.5, 0.6) is 0 Å². The minimum Gasteiger partial charge on any atom is -0.459 e. The van der Waals surface area contributed by atoms with Gasteiger partial charge < -0.3 is 9.47 Å². The number of alkyl halides is 2. The first kappa shape index (κ1) is 17.7. The van der Waals surface area contributed by atoms with Gasteiger partial charge in [0.1, 0.15) is 24.7 Å². The van der Waals surface area contributed by atoms with E-state index >= 15 is 0 Å². The maximum atomic E-state index is 14.4. The standard InChI is InChI=1S/C17H13ClF2N4O3/c18-14-13-15(22-8-21-14)24(9-23-13)12-6-17(19,20)11(27-12)7-26-16(25)10-4-2-1-3-5-10/h1-5,8-9,11-12H,6-7H2/t11-,12-/m0/s1. The van der Waals surface area contributed by atoms with Gasteiger partial charge in [-0.2, -0.15) is 0 Å². The van der Waals surface area contributed by atoms with E-state index in [2.05, 4.69) is 15.0 Å². The van der Waals surface area contributed by atoms with E-state index in [0.717, 1.165) is 0 Å². The fourth-order valence-electron chi connectivity index (χ4n) is 2.87. The third-order valence-electron chi connectivity index (χ3n) is 4.24. The van der Waals surface area contributed by atoms with Crippen LogP contribution in [-0.2, 0) is 9.47 Å². The zero-order valence-corrected chi connectivity index (χ0v) is 14.5. The van der Waals surface area contributed by atoms with Crippen molar-refractivity contribution in [3.05, 3.63) is 53.7 Å². The van der Waals surface area contributed by atoms with E-state index in [1.807, 2.05) is 0 Å². The van der Waals surface area contributed by atoms with Crippen molar-refractivity contribution in [1.29, 1.82) is 0 Å². The Hall–Kier alpha value is -2.65. The third kappa shape index (κ3) is 3.35. The molecule has 140 valence electrons. The summed E-state index contributed by atoms with van der Waals surface area (Å²) in [4.78, 5) is 23.8. The number of aromatic nitrogens is 4. The fraction of sp³-hybridized carbons (Fsp3) is 0.294. The molecule has 2 aromatic heterocycles. The Bertz CT molecular complexity index is 983.